The number of esters is 1. The zero-order valence-corrected chi connectivity index (χ0v) is 13.2. The highest BCUT2D eigenvalue weighted by molar-refractivity contribution is 5.90. The third-order valence-corrected chi connectivity index (χ3v) is 4.16. The molecule has 1 atom stereocenters. The highest BCUT2D eigenvalue weighted by Crippen LogP contribution is 2.23. The fourth-order valence-corrected chi connectivity index (χ4v) is 2.87. The zero-order chi connectivity index (χ0) is 16.8. The van der Waals surface area contributed by atoms with E-state index in [1.165, 1.54) is 38.5 Å². The first-order valence-corrected chi connectivity index (χ1v) is 7.80. The quantitative estimate of drug-likeness (QED) is 0.473. The Balaban J connectivity index is 2.11. The molecule has 0 aliphatic heterocycles. The molecule has 0 amide bonds. The first-order valence-electron chi connectivity index (χ1n) is 7.80. The third kappa shape index (κ3) is 4.74. The molecule has 1 aromatic rings. The van der Waals surface area contributed by atoms with Crippen LogP contribution in [0.15, 0.2) is 18.2 Å². The predicted octanol–water partition coefficient (Wildman–Crippen LogP) is 2.34. The Bertz CT molecular complexity index is 570. The van der Waals surface area contributed by atoms with Crippen LogP contribution in [0, 0.1) is 10.1 Å². The number of aliphatic hydroxyl groups is 1. The number of nitrogens with zero attached hydrogens (tertiary/aromatic N) is 1. The molecular formula is C16H22N2O5. The zero-order valence-electron chi connectivity index (χ0n) is 13.2. The van der Waals surface area contributed by atoms with E-state index < -0.39 is 17.0 Å². The topological polar surface area (TPSA) is 102 Å². The minimum absolute atomic E-state index is 0.0633. The van der Waals surface area contributed by atoms with E-state index in [1.807, 2.05) is 0 Å². The second-order valence-corrected chi connectivity index (χ2v) is 5.82. The van der Waals surface area contributed by atoms with Gasteiger partial charge in [0.15, 0.2) is 0 Å². The number of hydrogen-bond donors (Lipinski definition) is 2. The summed E-state index contributed by atoms with van der Waals surface area (Å²) in [6, 6.07) is 4.25. The molecule has 126 valence electrons. The van der Waals surface area contributed by atoms with Gasteiger partial charge >= 0.3 is 5.97 Å². The summed E-state index contributed by atoms with van der Waals surface area (Å²) in [7, 11) is 1.21. The number of aliphatic hydroxyl groups excluding tert-OH is 1. The highest BCUT2D eigenvalue weighted by atomic mass is 16.6. The lowest BCUT2D eigenvalue weighted by molar-refractivity contribution is -0.385. The summed E-state index contributed by atoms with van der Waals surface area (Å²) in [5.74, 6) is -0.664. The average molecular weight is 322 g/mol. The van der Waals surface area contributed by atoms with Crippen LogP contribution in [-0.2, 0) is 4.74 Å². The van der Waals surface area contributed by atoms with Crippen LogP contribution >= 0.6 is 0 Å². The molecule has 2 N–H and O–H groups in total. The number of carbonyl (C=O) groups is 1. The molecule has 0 bridgehead atoms. The molecule has 7 nitrogen and oxygen atoms in total. The Morgan fingerprint density at radius 2 is 2.09 bits per heavy atom. The number of benzene rings is 1. The van der Waals surface area contributed by atoms with Crippen molar-refractivity contribution in [2.45, 2.75) is 44.2 Å². The molecule has 1 aliphatic rings. The number of ether oxygens (including phenoxy) is 1. The molecule has 23 heavy (non-hydrogen) atoms. The smallest absolute Gasteiger partial charge is 0.338 e. The first kappa shape index (κ1) is 17.4. The largest absolute Gasteiger partial charge is 0.465 e. The Hall–Kier alpha value is -1.99. The van der Waals surface area contributed by atoms with Crippen molar-refractivity contribution < 1.29 is 19.6 Å². The molecule has 1 saturated carbocycles. The van der Waals surface area contributed by atoms with Crippen molar-refractivity contribution in [3.05, 3.63) is 39.4 Å². The number of nitro benzene ring substituents is 1. The fourth-order valence-electron chi connectivity index (χ4n) is 2.87. The van der Waals surface area contributed by atoms with Crippen LogP contribution in [0.2, 0.25) is 0 Å². The maximum absolute atomic E-state index is 11.6. The molecule has 1 aromatic carbocycles. The summed E-state index contributed by atoms with van der Waals surface area (Å²) in [5, 5.41) is 24.6. The lowest BCUT2D eigenvalue weighted by atomic mass is 9.95. The van der Waals surface area contributed by atoms with Crippen molar-refractivity contribution in [2.24, 2.45) is 0 Å². The summed E-state index contributed by atoms with van der Waals surface area (Å²) in [6.45, 7) is 0.298. The van der Waals surface area contributed by atoms with Gasteiger partial charge in [0.2, 0.25) is 0 Å². The van der Waals surface area contributed by atoms with E-state index in [0.29, 0.717) is 18.2 Å². The third-order valence-electron chi connectivity index (χ3n) is 4.16. The molecule has 0 spiro atoms. The number of hydrogen-bond acceptors (Lipinski definition) is 6. The van der Waals surface area contributed by atoms with Gasteiger partial charge in [0, 0.05) is 24.7 Å². The van der Waals surface area contributed by atoms with Crippen LogP contribution in [0.5, 0.6) is 0 Å². The number of nitro groups is 1. The average Bonchev–Trinajstić information content (AvgIpc) is 2.59. The standard InChI is InChI=1S/C16H22N2O5/c1-23-16(20)12-7-11(8-14(9-12)18(21)22)15(19)10-17-13-5-3-2-4-6-13/h7-9,13,15,17,19H,2-6,10H2,1H3. The first-order chi connectivity index (χ1) is 11.0. The van der Waals surface area contributed by atoms with Crippen molar-refractivity contribution in [1.82, 2.24) is 5.32 Å². The Labute approximate surface area is 134 Å². The van der Waals surface area contributed by atoms with Gasteiger partial charge in [-0.2, -0.15) is 0 Å². The Morgan fingerprint density at radius 3 is 2.70 bits per heavy atom. The lowest BCUT2D eigenvalue weighted by Gasteiger charge is -2.24. The van der Waals surface area contributed by atoms with Gasteiger partial charge in [-0.05, 0) is 24.5 Å². The van der Waals surface area contributed by atoms with Crippen molar-refractivity contribution >= 4 is 11.7 Å². The second kappa shape index (κ2) is 8.03. The molecule has 0 saturated heterocycles. The van der Waals surface area contributed by atoms with Gasteiger partial charge in [-0.15, -0.1) is 0 Å². The maximum Gasteiger partial charge on any atom is 0.338 e. The van der Waals surface area contributed by atoms with E-state index in [-0.39, 0.29) is 11.3 Å². The van der Waals surface area contributed by atoms with Gasteiger partial charge in [0.1, 0.15) is 0 Å². The fraction of sp³-hybridized carbons (Fsp3) is 0.562. The highest BCUT2D eigenvalue weighted by Gasteiger charge is 2.20. The number of methoxy groups -OCH3 is 1. The number of non-ortho nitro benzene ring substituents is 1. The van der Waals surface area contributed by atoms with Gasteiger partial charge in [-0.3, -0.25) is 10.1 Å². The minimum atomic E-state index is -0.916. The number of rotatable bonds is 6. The summed E-state index contributed by atoms with van der Waals surface area (Å²) < 4.78 is 4.60. The molecule has 0 radical (unpaired) electrons. The Morgan fingerprint density at radius 1 is 1.39 bits per heavy atom. The monoisotopic (exact) mass is 322 g/mol. The van der Waals surface area contributed by atoms with Crippen molar-refractivity contribution in [1.29, 1.82) is 0 Å². The Kier molecular flexibility index (Phi) is 6.06. The summed E-state index contributed by atoms with van der Waals surface area (Å²) in [6.07, 6.45) is 4.84. The van der Waals surface area contributed by atoms with Crippen LogP contribution < -0.4 is 5.32 Å². The van der Waals surface area contributed by atoms with E-state index in [1.54, 1.807) is 0 Å². The second-order valence-electron chi connectivity index (χ2n) is 5.82. The van der Waals surface area contributed by atoms with Gasteiger partial charge in [-0.25, -0.2) is 4.79 Å². The van der Waals surface area contributed by atoms with Crippen LogP contribution in [0.4, 0.5) is 5.69 Å². The van der Waals surface area contributed by atoms with E-state index in [2.05, 4.69) is 10.1 Å². The van der Waals surface area contributed by atoms with Crippen LogP contribution in [-0.4, -0.2) is 35.7 Å². The van der Waals surface area contributed by atoms with E-state index >= 15 is 0 Å². The van der Waals surface area contributed by atoms with Gasteiger partial charge in [0.05, 0.1) is 23.7 Å². The van der Waals surface area contributed by atoms with E-state index in [9.17, 15) is 20.0 Å². The predicted molar refractivity (Wildman–Crippen MR) is 84.3 cm³/mol. The molecular weight excluding hydrogens is 300 g/mol. The SMILES string of the molecule is COC(=O)c1cc(C(O)CNC2CCCCC2)cc([N+](=O)[O-])c1. The van der Waals surface area contributed by atoms with Crippen LogP contribution in [0.25, 0.3) is 0 Å². The van der Waals surface area contributed by atoms with Crippen LogP contribution in [0.3, 0.4) is 0 Å². The molecule has 2 rings (SSSR count). The lowest BCUT2D eigenvalue weighted by Crippen LogP contribution is -2.34. The van der Waals surface area contributed by atoms with Gasteiger partial charge in [-0.1, -0.05) is 19.3 Å². The molecule has 1 fully saturated rings. The number of nitrogens with one attached hydrogen (secondary N) is 1. The number of carbonyl (C=O) groups excluding carboxylic acids is 1. The normalized spacial score (nSPS) is 16.8. The molecule has 7 heteroatoms. The van der Waals surface area contributed by atoms with Crippen molar-refractivity contribution in [3.63, 3.8) is 0 Å². The maximum atomic E-state index is 11.6. The van der Waals surface area contributed by atoms with Crippen molar-refractivity contribution in [2.75, 3.05) is 13.7 Å². The summed E-state index contributed by atoms with van der Waals surface area (Å²) in [5.41, 5.74) is 0.163. The summed E-state index contributed by atoms with van der Waals surface area (Å²) >= 11 is 0. The summed E-state index contributed by atoms with van der Waals surface area (Å²) in [4.78, 5) is 22.0. The van der Waals surface area contributed by atoms with E-state index in [4.69, 9.17) is 0 Å². The van der Waals surface area contributed by atoms with Crippen LogP contribution in [0.1, 0.15) is 54.1 Å². The molecule has 1 unspecified atom stereocenters. The van der Waals surface area contributed by atoms with E-state index in [0.717, 1.165) is 18.9 Å². The molecule has 0 heterocycles. The molecule has 0 aromatic heterocycles. The van der Waals surface area contributed by atoms with Gasteiger partial charge in [0.25, 0.3) is 5.69 Å². The molecule has 1 aliphatic carbocycles. The minimum Gasteiger partial charge on any atom is -0.465 e. The van der Waals surface area contributed by atoms with Crippen molar-refractivity contribution in [3.8, 4) is 0 Å². The van der Waals surface area contributed by atoms with Gasteiger partial charge < -0.3 is 15.2 Å².